The van der Waals surface area contributed by atoms with Crippen molar-refractivity contribution in [3.05, 3.63) is 58.5 Å². The zero-order valence-electron chi connectivity index (χ0n) is 10.7. The van der Waals surface area contributed by atoms with Crippen LogP contribution >= 0.6 is 15.9 Å². The average Bonchev–Trinajstić information content (AvgIpc) is 2.92. The number of hydrogen-bond donors (Lipinski definition) is 1. The number of furan rings is 1. The molecule has 0 spiro atoms. The first-order valence-corrected chi connectivity index (χ1v) is 6.85. The van der Waals surface area contributed by atoms with Crippen LogP contribution < -0.4 is 4.74 Å². The molecule has 4 nitrogen and oxygen atoms in total. The van der Waals surface area contributed by atoms with Crippen LogP contribution in [0.3, 0.4) is 0 Å². The summed E-state index contributed by atoms with van der Waals surface area (Å²) in [7, 11) is 1.54. The minimum atomic E-state index is -0.967. The molecular formula is C15H12BrNO3. The van der Waals surface area contributed by atoms with Crippen molar-refractivity contribution >= 4 is 26.9 Å². The number of rotatable bonds is 3. The number of nitrogens with zero attached hydrogens (tertiary/aromatic N) is 1. The second-order valence-electron chi connectivity index (χ2n) is 4.30. The van der Waals surface area contributed by atoms with Gasteiger partial charge in [-0.3, -0.25) is 4.98 Å². The van der Waals surface area contributed by atoms with Crippen LogP contribution in [0.1, 0.15) is 17.6 Å². The third-order valence-corrected chi connectivity index (χ3v) is 3.69. The van der Waals surface area contributed by atoms with Crippen LogP contribution in [0.5, 0.6) is 5.75 Å². The molecule has 5 heteroatoms. The van der Waals surface area contributed by atoms with Gasteiger partial charge in [-0.15, -0.1) is 0 Å². The first-order chi connectivity index (χ1) is 9.70. The second kappa shape index (κ2) is 5.26. The molecule has 1 unspecified atom stereocenters. The molecule has 1 N–H and O–H groups in total. The largest absolute Gasteiger partial charge is 0.495 e. The Hall–Kier alpha value is -1.85. The molecule has 0 bridgehead atoms. The molecule has 20 heavy (non-hydrogen) atoms. The third-order valence-electron chi connectivity index (χ3n) is 3.06. The monoisotopic (exact) mass is 333 g/mol. The van der Waals surface area contributed by atoms with Crippen molar-refractivity contribution in [1.29, 1.82) is 0 Å². The molecule has 2 heterocycles. The van der Waals surface area contributed by atoms with Crippen LogP contribution in [0, 0.1) is 0 Å². The molecule has 2 aromatic heterocycles. The quantitative estimate of drug-likeness (QED) is 0.794. The van der Waals surface area contributed by atoms with Crippen molar-refractivity contribution in [3.8, 4) is 5.75 Å². The number of benzene rings is 1. The molecule has 0 amide bonds. The third kappa shape index (κ3) is 2.19. The van der Waals surface area contributed by atoms with Gasteiger partial charge < -0.3 is 14.3 Å². The minimum Gasteiger partial charge on any atom is -0.495 e. The number of aromatic nitrogens is 1. The predicted molar refractivity (Wildman–Crippen MR) is 78.8 cm³/mol. The van der Waals surface area contributed by atoms with Gasteiger partial charge in [-0.1, -0.05) is 12.1 Å². The van der Waals surface area contributed by atoms with Crippen molar-refractivity contribution in [2.45, 2.75) is 6.10 Å². The number of aliphatic hydroxyl groups excluding tert-OH is 1. The lowest BCUT2D eigenvalue weighted by molar-refractivity contribution is 0.182. The first-order valence-electron chi connectivity index (χ1n) is 6.05. The number of aliphatic hydroxyl groups is 1. The van der Waals surface area contributed by atoms with Gasteiger partial charge in [-0.2, -0.15) is 0 Å². The molecular weight excluding hydrogens is 322 g/mol. The standard InChI is InChI=1S/C15H12BrNO3/c1-19-11-6-3-7-17-13(11)14(18)12-8-9-4-2-5-10(16)15(9)20-12/h2-8,14,18H,1H3. The summed E-state index contributed by atoms with van der Waals surface area (Å²) in [5.41, 5.74) is 1.14. The molecule has 0 aliphatic heterocycles. The van der Waals surface area contributed by atoms with Crippen molar-refractivity contribution in [1.82, 2.24) is 4.98 Å². The maximum atomic E-state index is 10.4. The number of methoxy groups -OCH3 is 1. The van der Waals surface area contributed by atoms with Gasteiger partial charge in [0.2, 0.25) is 0 Å². The van der Waals surface area contributed by atoms with Crippen LogP contribution in [-0.2, 0) is 0 Å². The van der Waals surface area contributed by atoms with Crippen LogP contribution in [0.25, 0.3) is 11.0 Å². The number of pyridine rings is 1. The molecule has 102 valence electrons. The number of ether oxygens (including phenoxy) is 1. The molecule has 0 aliphatic carbocycles. The lowest BCUT2D eigenvalue weighted by Gasteiger charge is -2.10. The topological polar surface area (TPSA) is 55.5 Å². The summed E-state index contributed by atoms with van der Waals surface area (Å²) >= 11 is 3.43. The van der Waals surface area contributed by atoms with Crippen LogP contribution in [0.4, 0.5) is 0 Å². The lowest BCUT2D eigenvalue weighted by atomic mass is 10.1. The van der Waals surface area contributed by atoms with E-state index < -0.39 is 6.10 Å². The van der Waals surface area contributed by atoms with Crippen LogP contribution in [0.15, 0.2) is 51.5 Å². The number of halogens is 1. The average molecular weight is 334 g/mol. The zero-order chi connectivity index (χ0) is 14.1. The number of hydrogen-bond acceptors (Lipinski definition) is 4. The van der Waals surface area contributed by atoms with Crippen molar-refractivity contribution in [2.75, 3.05) is 7.11 Å². The Morgan fingerprint density at radius 3 is 2.90 bits per heavy atom. The molecule has 1 atom stereocenters. The molecule has 0 saturated carbocycles. The molecule has 0 radical (unpaired) electrons. The van der Waals surface area contributed by atoms with E-state index in [0.29, 0.717) is 22.8 Å². The van der Waals surface area contributed by atoms with E-state index in [2.05, 4.69) is 20.9 Å². The Labute approximate surface area is 124 Å². The summed E-state index contributed by atoms with van der Waals surface area (Å²) in [6, 6.07) is 11.0. The van der Waals surface area contributed by atoms with Crippen molar-refractivity contribution < 1.29 is 14.3 Å². The fourth-order valence-corrected chi connectivity index (χ4v) is 2.56. The van der Waals surface area contributed by atoms with Gasteiger partial charge >= 0.3 is 0 Å². The van der Waals surface area contributed by atoms with Gasteiger partial charge in [-0.05, 0) is 40.2 Å². The smallest absolute Gasteiger partial charge is 0.157 e. The first kappa shape index (κ1) is 13.1. The Bertz CT molecular complexity index is 754. The lowest BCUT2D eigenvalue weighted by Crippen LogP contribution is -2.03. The predicted octanol–water partition coefficient (Wildman–Crippen LogP) is 3.68. The molecule has 0 aliphatic rings. The van der Waals surface area contributed by atoms with E-state index >= 15 is 0 Å². The summed E-state index contributed by atoms with van der Waals surface area (Å²) in [6.45, 7) is 0. The molecule has 0 saturated heterocycles. The molecule has 0 fully saturated rings. The van der Waals surface area contributed by atoms with Gasteiger partial charge in [0.25, 0.3) is 0 Å². The highest BCUT2D eigenvalue weighted by Crippen LogP contribution is 2.33. The zero-order valence-corrected chi connectivity index (χ0v) is 12.3. The second-order valence-corrected chi connectivity index (χ2v) is 5.15. The molecule has 1 aromatic carbocycles. The SMILES string of the molecule is COc1cccnc1C(O)c1cc2cccc(Br)c2o1. The van der Waals surface area contributed by atoms with E-state index in [-0.39, 0.29) is 0 Å². The maximum Gasteiger partial charge on any atom is 0.157 e. The highest BCUT2D eigenvalue weighted by atomic mass is 79.9. The van der Waals surface area contributed by atoms with Gasteiger partial charge in [0, 0.05) is 11.6 Å². The summed E-state index contributed by atoms with van der Waals surface area (Å²) < 4.78 is 11.8. The molecule has 3 aromatic rings. The summed E-state index contributed by atoms with van der Waals surface area (Å²) in [5, 5.41) is 11.4. The summed E-state index contributed by atoms with van der Waals surface area (Å²) in [6.07, 6.45) is 0.644. The fraction of sp³-hybridized carbons (Fsp3) is 0.133. The van der Waals surface area contributed by atoms with Crippen LogP contribution in [0.2, 0.25) is 0 Å². The summed E-state index contributed by atoms with van der Waals surface area (Å²) in [5.74, 6) is 0.962. The van der Waals surface area contributed by atoms with Gasteiger partial charge in [0.15, 0.2) is 6.10 Å². The number of fused-ring (bicyclic) bond motifs is 1. The highest BCUT2D eigenvalue weighted by Gasteiger charge is 2.21. The van der Waals surface area contributed by atoms with Gasteiger partial charge in [-0.25, -0.2) is 0 Å². The van der Waals surface area contributed by atoms with Crippen molar-refractivity contribution in [3.63, 3.8) is 0 Å². The van der Waals surface area contributed by atoms with E-state index in [1.165, 1.54) is 0 Å². The van der Waals surface area contributed by atoms with E-state index in [1.807, 2.05) is 18.2 Å². The number of para-hydroxylation sites is 1. The van der Waals surface area contributed by atoms with Crippen molar-refractivity contribution in [2.24, 2.45) is 0 Å². The van der Waals surface area contributed by atoms with E-state index in [0.717, 1.165) is 9.86 Å². The normalized spacial score (nSPS) is 12.6. The highest BCUT2D eigenvalue weighted by molar-refractivity contribution is 9.10. The van der Waals surface area contributed by atoms with E-state index in [1.54, 1.807) is 31.5 Å². The van der Waals surface area contributed by atoms with E-state index in [9.17, 15) is 5.11 Å². The Balaban J connectivity index is 2.08. The molecule has 3 rings (SSSR count). The Morgan fingerprint density at radius 1 is 1.30 bits per heavy atom. The minimum absolute atomic E-state index is 0.434. The summed E-state index contributed by atoms with van der Waals surface area (Å²) in [4.78, 5) is 4.17. The van der Waals surface area contributed by atoms with Gasteiger partial charge in [0.05, 0.1) is 11.6 Å². The Kier molecular flexibility index (Phi) is 3.46. The van der Waals surface area contributed by atoms with Crippen LogP contribution in [-0.4, -0.2) is 17.2 Å². The van der Waals surface area contributed by atoms with E-state index in [4.69, 9.17) is 9.15 Å². The van der Waals surface area contributed by atoms with Gasteiger partial charge in [0.1, 0.15) is 22.8 Å². The fourth-order valence-electron chi connectivity index (χ4n) is 2.10. The Morgan fingerprint density at radius 2 is 2.15 bits per heavy atom. The maximum absolute atomic E-state index is 10.4.